The van der Waals surface area contributed by atoms with Gasteiger partial charge in [-0.25, -0.2) is 0 Å². The van der Waals surface area contributed by atoms with E-state index in [2.05, 4.69) is 190 Å². The van der Waals surface area contributed by atoms with Gasteiger partial charge in [0.25, 0.3) is 0 Å². The molecule has 4 heteroatoms. The lowest BCUT2D eigenvalue weighted by molar-refractivity contribution is 1.07. The van der Waals surface area contributed by atoms with E-state index in [1.54, 1.807) is 0 Å². The fraction of sp³-hybridized carbons (Fsp3) is 0. The quantitative estimate of drug-likeness (QED) is 0.184. The monoisotopic (exact) mass is 631 g/mol. The van der Waals surface area contributed by atoms with Crippen molar-refractivity contribution in [1.29, 1.82) is 0 Å². The largest absolute Gasteiger partial charge is 0.310 e. The Bertz CT molecular complexity index is 2770. The summed E-state index contributed by atoms with van der Waals surface area (Å²) in [5, 5.41) is 6.36. The maximum atomic E-state index is 2.44. The third-order valence-electron chi connectivity index (χ3n) is 9.47. The molecule has 10 aromatic rings. The third kappa shape index (κ3) is 4.06. The number of hydrogen-bond donors (Lipinski definition) is 0. The van der Waals surface area contributed by atoms with Crippen LogP contribution < -0.4 is 4.90 Å². The Balaban J connectivity index is 1.28. The second-order valence-electron chi connectivity index (χ2n) is 12.2. The number of fused-ring (bicyclic) bond motifs is 8. The summed E-state index contributed by atoms with van der Waals surface area (Å²) in [5.74, 6) is 0. The Hall–Kier alpha value is -6.10. The van der Waals surface area contributed by atoms with E-state index in [1.807, 2.05) is 11.3 Å². The zero-order chi connectivity index (χ0) is 31.6. The van der Waals surface area contributed by atoms with Gasteiger partial charge < -0.3 is 4.90 Å². The molecule has 0 atom stereocenters. The summed E-state index contributed by atoms with van der Waals surface area (Å²) in [6.45, 7) is 0. The van der Waals surface area contributed by atoms with Crippen LogP contribution in [-0.2, 0) is 0 Å². The van der Waals surface area contributed by atoms with Crippen LogP contribution in [0.5, 0.6) is 0 Å². The van der Waals surface area contributed by atoms with Gasteiger partial charge in [0.15, 0.2) is 0 Å². The minimum atomic E-state index is 1.11. The van der Waals surface area contributed by atoms with Crippen LogP contribution >= 0.6 is 11.3 Å². The third-order valence-corrected chi connectivity index (χ3v) is 10.6. The first-order chi connectivity index (χ1) is 23.8. The van der Waals surface area contributed by atoms with Crippen molar-refractivity contribution in [2.45, 2.75) is 0 Å². The molecule has 0 saturated carbocycles. The van der Waals surface area contributed by atoms with E-state index in [9.17, 15) is 0 Å². The van der Waals surface area contributed by atoms with Gasteiger partial charge in [-0.2, -0.15) is 0 Å². The maximum Gasteiger partial charge on any atom is 0.131 e. The van der Waals surface area contributed by atoms with Crippen LogP contribution in [0.1, 0.15) is 0 Å². The summed E-state index contributed by atoms with van der Waals surface area (Å²) in [7, 11) is 0. The molecule has 0 saturated heterocycles. The zero-order valence-corrected chi connectivity index (χ0v) is 26.8. The van der Waals surface area contributed by atoms with Crippen molar-refractivity contribution >= 4 is 81.4 Å². The van der Waals surface area contributed by atoms with Crippen LogP contribution in [0, 0.1) is 0 Å². The summed E-state index contributed by atoms with van der Waals surface area (Å²) in [4.78, 5) is 2.39. The molecule has 0 bridgehead atoms. The standard InChI is InChI=1S/C44H29N3S/c1-4-14-30(15-5-1)45(34-24-26-36-35-20-11-13-23-41(35)48-42(36)29-34)33-25-27-38-40(28-33)47(32-18-8-3-9-19-32)44-43(38)37-21-10-12-22-39(37)46(44)31-16-6-2-7-17-31/h1-29H. The van der Waals surface area contributed by atoms with Crippen molar-refractivity contribution < 1.29 is 0 Å². The highest BCUT2D eigenvalue weighted by Crippen LogP contribution is 2.45. The molecule has 0 amide bonds. The second kappa shape index (κ2) is 10.7. The molecule has 3 aromatic heterocycles. The van der Waals surface area contributed by atoms with Gasteiger partial charge in [0.2, 0.25) is 0 Å². The Morgan fingerprint density at radius 2 is 0.896 bits per heavy atom. The van der Waals surface area contributed by atoms with E-state index >= 15 is 0 Å². The molecule has 0 N–H and O–H groups in total. The van der Waals surface area contributed by atoms with Gasteiger partial charge in [-0.05, 0) is 72.8 Å². The van der Waals surface area contributed by atoms with Gasteiger partial charge in [-0.3, -0.25) is 9.13 Å². The lowest BCUT2D eigenvalue weighted by Crippen LogP contribution is -2.10. The Morgan fingerprint density at radius 1 is 0.375 bits per heavy atom. The highest BCUT2D eigenvalue weighted by molar-refractivity contribution is 7.25. The molecule has 7 aromatic carbocycles. The van der Waals surface area contributed by atoms with Gasteiger partial charge in [0, 0.05) is 64.8 Å². The van der Waals surface area contributed by atoms with E-state index in [-0.39, 0.29) is 0 Å². The molecule has 48 heavy (non-hydrogen) atoms. The molecule has 0 aliphatic carbocycles. The summed E-state index contributed by atoms with van der Waals surface area (Å²) < 4.78 is 7.47. The Kier molecular flexibility index (Phi) is 6.05. The molecular formula is C44H29N3S. The number of benzene rings is 7. The lowest BCUT2D eigenvalue weighted by Gasteiger charge is -2.26. The molecule has 0 radical (unpaired) electrons. The van der Waals surface area contributed by atoms with Crippen molar-refractivity contribution in [2.75, 3.05) is 4.90 Å². The second-order valence-corrected chi connectivity index (χ2v) is 13.3. The van der Waals surface area contributed by atoms with Gasteiger partial charge in [0.05, 0.1) is 11.0 Å². The zero-order valence-electron chi connectivity index (χ0n) is 26.0. The highest BCUT2D eigenvalue weighted by atomic mass is 32.1. The van der Waals surface area contributed by atoms with Crippen LogP contribution in [0.25, 0.3) is 64.4 Å². The fourth-order valence-corrected chi connectivity index (χ4v) is 8.57. The first-order valence-electron chi connectivity index (χ1n) is 16.3. The minimum absolute atomic E-state index is 1.11. The average molecular weight is 632 g/mol. The summed E-state index contributed by atoms with van der Waals surface area (Å²) >= 11 is 1.86. The van der Waals surface area contributed by atoms with E-state index < -0.39 is 0 Å². The number of aromatic nitrogens is 2. The fourth-order valence-electron chi connectivity index (χ4n) is 7.43. The number of para-hydroxylation sites is 4. The average Bonchev–Trinajstić information content (AvgIpc) is 3.80. The molecule has 0 fully saturated rings. The molecule has 0 spiro atoms. The number of anilines is 3. The van der Waals surface area contributed by atoms with Crippen LogP contribution in [-0.4, -0.2) is 9.13 Å². The molecule has 3 heterocycles. The van der Waals surface area contributed by atoms with Crippen LogP contribution in [0.15, 0.2) is 176 Å². The normalized spacial score (nSPS) is 11.8. The van der Waals surface area contributed by atoms with E-state index in [0.29, 0.717) is 0 Å². The van der Waals surface area contributed by atoms with E-state index in [1.165, 1.54) is 53.0 Å². The highest BCUT2D eigenvalue weighted by Gasteiger charge is 2.23. The molecule has 0 aliphatic heterocycles. The summed E-state index contributed by atoms with van der Waals surface area (Å²) in [5.41, 5.74) is 9.19. The maximum absolute atomic E-state index is 2.44. The topological polar surface area (TPSA) is 13.1 Å². The first-order valence-corrected chi connectivity index (χ1v) is 17.1. The summed E-state index contributed by atoms with van der Waals surface area (Å²) in [6, 6.07) is 63.6. The van der Waals surface area contributed by atoms with Crippen molar-refractivity contribution in [3.05, 3.63) is 176 Å². The van der Waals surface area contributed by atoms with Crippen molar-refractivity contribution in [1.82, 2.24) is 9.13 Å². The van der Waals surface area contributed by atoms with Crippen LogP contribution in [0.2, 0.25) is 0 Å². The number of thiophene rings is 1. The minimum Gasteiger partial charge on any atom is -0.310 e. The Morgan fingerprint density at radius 3 is 1.62 bits per heavy atom. The van der Waals surface area contributed by atoms with Crippen molar-refractivity contribution in [2.24, 2.45) is 0 Å². The van der Waals surface area contributed by atoms with E-state index in [4.69, 9.17) is 0 Å². The molecule has 10 rings (SSSR count). The number of hydrogen-bond acceptors (Lipinski definition) is 2. The SMILES string of the molecule is c1ccc(N(c2ccc3c(c2)sc2ccccc23)c2ccc3c4c5ccccc5n(-c5ccccc5)c4n(-c4ccccc4)c3c2)cc1. The smallest absolute Gasteiger partial charge is 0.131 e. The molecule has 226 valence electrons. The van der Waals surface area contributed by atoms with Crippen LogP contribution in [0.3, 0.4) is 0 Å². The van der Waals surface area contributed by atoms with Crippen molar-refractivity contribution in [3.8, 4) is 11.4 Å². The molecule has 3 nitrogen and oxygen atoms in total. The van der Waals surface area contributed by atoms with E-state index in [0.717, 1.165) is 28.4 Å². The van der Waals surface area contributed by atoms with Gasteiger partial charge in [0.1, 0.15) is 5.65 Å². The number of nitrogens with zero attached hydrogens (tertiary/aromatic N) is 3. The molecule has 0 aliphatic rings. The predicted octanol–water partition coefficient (Wildman–Crippen LogP) is 12.6. The Labute approximate surface area is 281 Å². The van der Waals surface area contributed by atoms with Gasteiger partial charge in [-0.1, -0.05) is 103 Å². The van der Waals surface area contributed by atoms with Crippen molar-refractivity contribution in [3.63, 3.8) is 0 Å². The summed E-state index contributed by atoms with van der Waals surface area (Å²) in [6.07, 6.45) is 0. The predicted molar refractivity (Wildman–Crippen MR) is 205 cm³/mol. The molecular weight excluding hydrogens is 603 g/mol. The molecule has 0 unspecified atom stereocenters. The lowest BCUT2D eigenvalue weighted by atomic mass is 10.1. The first kappa shape index (κ1) is 27.1. The number of rotatable bonds is 5. The van der Waals surface area contributed by atoms with Crippen LogP contribution in [0.4, 0.5) is 17.1 Å². The van der Waals surface area contributed by atoms with Gasteiger partial charge in [-0.15, -0.1) is 11.3 Å². The van der Waals surface area contributed by atoms with Gasteiger partial charge >= 0.3 is 0 Å².